The van der Waals surface area contributed by atoms with Crippen molar-refractivity contribution in [2.24, 2.45) is 0 Å². The summed E-state index contributed by atoms with van der Waals surface area (Å²) >= 11 is 0. The largest absolute Gasteiger partial charge is 0.421 e. The lowest BCUT2D eigenvalue weighted by Crippen LogP contribution is -2.48. The van der Waals surface area contributed by atoms with Crippen LogP contribution < -0.4 is 4.90 Å². The summed E-state index contributed by atoms with van der Waals surface area (Å²) in [4.78, 5) is 12.5. The number of benzene rings is 2. The average molecular weight is 429 g/mol. The summed E-state index contributed by atoms with van der Waals surface area (Å²) in [5.74, 6) is 0.674. The maximum atomic E-state index is 13.1. The lowest BCUT2D eigenvalue weighted by Gasteiger charge is -2.35. The van der Waals surface area contributed by atoms with Crippen LogP contribution in [0.15, 0.2) is 57.8 Å². The number of nitro benzene ring substituents is 1. The van der Waals surface area contributed by atoms with Crippen LogP contribution in [0.1, 0.15) is 5.89 Å². The van der Waals surface area contributed by atoms with E-state index >= 15 is 0 Å². The van der Waals surface area contributed by atoms with Gasteiger partial charge in [-0.15, -0.1) is 10.2 Å². The van der Waals surface area contributed by atoms with E-state index in [1.807, 2.05) is 4.90 Å². The first-order valence-corrected chi connectivity index (χ1v) is 10.7. The molecule has 2 heterocycles. The quantitative estimate of drug-likeness (QED) is 0.448. The number of aryl methyl sites for hydroxylation is 1. The van der Waals surface area contributed by atoms with Crippen LogP contribution in [-0.2, 0) is 10.0 Å². The maximum absolute atomic E-state index is 13.1. The van der Waals surface area contributed by atoms with E-state index in [0.717, 1.165) is 5.69 Å². The summed E-state index contributed by atoms with van der Waals surface area (Å²) in [5, 5.41) is 18.5. The van der Waals surface area contributed by atoms with Gasteiger partial charge in [0, 0.05) is 56.5 Å². The van der Waals surface area contributed by atoms with E-state index in [1.165, 1.54) is 22.5 Å². The van der Waals surface area contributed by atoms with Gasteiger partial charge in [-0.1, -0.05) is 6.07 Å². The van der Waals surface area contributed by atoms with E-state index < -0.39 is 14.9 Å². The van der Waals surface area contributed by atoms with Crippen LogP contribution in [0.25, 0.3) is 11.5 Å². The number of hydrogen-bond donors (Lipinski definition) is 0. The molecule has 30 heavy (non-hydrogen) atoms. The molecule has 0 radical (unpaired) electrons. The molecule has 0 unspecified atom stereocenters. The molecule has 4 rings (SSSR count). The molecule has 1 aliphatic rings. The van der Waals surface area contributed by atoms with Gasteiger partial charge in [0.05, 0.1) is 9.82 Å². The molecule has 156 valence electrons. The average Bonchev–Trinajstić information content (AvgIpc) is 3.20. The lowest BCUT2D eigenvalue weighted by atomic mass is 10.2. The van der Waals surface area contributed by atoms with Crippen molar-refractivity contribution >= 4 is 21.4 Å². The Labute approximate surface area is 172 Å². The number of nitrogens with zero attached hydrogens (tertiary/aromatic N) is 5. The molecule has 0 amide bonds. The first kappa shape index (κ1) is 20.0. The highest BCUT2D eigenvalue weighted by atomic mass is 32.2. The van der Waals surface area contributed by atoms with Gasteiger partial charge in [0.2, 0.25) is 21.8 Å². The number of hydrogen-bond acceptors (Lipinski definition) is 8. The Bertz CT molecular complexity index is 1170. The number of sulfonamides is 1. The van der Waals surface area contributed by atoms with Crippen molar-refractivity contribution in [1.82, 2.24) is 14.5 Å². The highest BCUT2D eigenvalue weighted by Crippen LogP contribution is 2.26. The van der Waals surface area contributed by atoms with Gasteiger partial charge < -0.3 is 9.32 Å². The number of rotatable bonds is 5. The van der Waals surface area contributed by atoms with Crippen molar-refractivity contribution in [3.63, 3.8) is 0 Å². The summed E-state index contributed by atoms with van der Waals surface area (Å²) in [6.07, 6.45) is 0. The van der Waals surface area contributed by atoms with Gasteiger partial charge in [0.15, 0.2) is 0 Å². The number of aromatic nitrogens is 2. The molecule has 11 heteroatoms. The molecule has 1 saturated heterocycles. The van der Waals surface area contributed by atoms with Gasteiger partial charge in [-0.05, 0) is 30.3 Å². The molecular weight excluding hydrogens is 410 g/mol. The standard InChI is InChI=1S/C19H19N5O5S/c1-14-20-21-19(29-14)15-3-2-4-18(13-15)30(27,28)23-11-9-22(10-12-23)16-5-7-17(8-6-16)24(25)26/h2-8,13H,9-12H2,1H3. The van der Waals surface area contributed by atoms with Crippen LogP contribution in [-0.4, -0.2) is 54.0 Å². The molecule has 0 bridgehead atoms. The lowest BCUT2D eigenvalue weighted by molar-refractivity contribution is -0.384. The Morgan fingerprint density at radius 3 is 2.33 bits per heavy atom. The number of non-ortho nitro benzene ring substituents is 1. The van der Waals surface area contributed by atoms with Gasteiger partial charge in [0.1, 0.15) is 0 Å². The minimum Gasteiger partial charge on any atom is -0.421 e. The monoisotopic (exact) mass is 429 g/mol. The molecule has 1 aliphatic heterocycles. The van der Waals surface area contributed by atoms with Crippen molar-refractivity contribution in [1.29, 1.82) is 0 Å². The van der Waals surface area contributed by atoms with E-state index in [-0.39, 0.29) is 16.5 Å². The topological polar surface area (TPSA) is 123 Å². The fraction of sp³-hybridized carbons (Fsp3) is 0.263. The van der Waals surface area contributed by atoms with Crippen LogP contribution in [0.5, 0.6) is 0 Å². The first-order chi connectivity index (χ1) is 14.3. The molecular formula is C19H19N5O5S. The summed E-state index contributed by atoms with van der Waals surface area (Å²) in [6.45, 7) is 3.26. The Hall–Kier alpha value is -3.31. The normalized spacial score (nSPS) is 15.3. The van der Waals surface area contributed by atoms with Crippen LogP contribution in [0.3, 0.4) is 0 Å². The maximum Gasteiger partial charge on any atom is 0.269 e. The zero-order chi connectivity index (χ0) is 21.3. The van der Waals surface area contributed by atoms with Gasteiger partial charge in [-0.25, -0.2) is 8.42 Å². The smallest absolute Gasteiger partial charge is 0.269 e. The SMILES string of the molecule is Cc1nnc(-c2cccc(S(=O)(=O)N3CCN(c4ccc([N+](=O)[O-])cc4)CC3)c2)o1. The molecule has 10 nitrogen and oxygen atoms in total. The molecule has 2 aromatic carbocycles. The minimum atomic E-state index is -3.68. The van der Waals surface area contributed by atoms with Crippen molar-refractivity contribution < 1.29 is 17.8 Å². The second-order valence-electron chi connectivity index (χ2n) is 6.82. The summed E-state index contributed by atoms with van der Waals surface area (Å²) in [7, 11) is -3.68. The molecule has 0 saturated carbocycles. The molecule has 1 aromatic heterocycles. The fourth-order valence-corrected chi connectivity index (χ4v) is 4.79. The van der Waals surface area contributed by atoms with E-state index in [1.54, 1.807) is 37.3 Å². The Balaban J connectivity index is 1.48. The molecule has 0 aliphatic carbocycles. The van der Waals surface area contributed by atoms with E-state index in [0.29, 0.717) is 37.6 Å². The Morgan fingerprint density at radius 2 is 1.73 bits per heavy atom. The third kappa shape index (κ3) is 3.89. The van der Waals surface area contributed by atoms with Gasteiger partial charge in [-0.2, -0.15) is 4.31 Å². The van der Waals surface area contributed by atoms with Crippen molar-refractivity contribution in [3.05, 3.63) is 64.5 Å². The van der Waals surface area contributed by atoms with Crippen molar-refractivity contribution in [2.45, 2.75) is 11.8 Å². The predicted octanol–water partition coefficient (Wildman–Crippen LogP) is 2.46. The summed E-state index contributed by atoms with van der Waals surface area (Å²) in [5.41, 5.74) is 1.39. The zero-order valence-corrected chi connectivity index (χ0v) is 16.9. The molecule has 3 aromatic rings. The van der Waals surface area contributed by atoms with E-state index in [9.17, 15) is 18.5 Å². The third-order valence-electron chi connectivity index (χ3n) is 4.91. The molecule has 0 atom stereocenters. The van der Waals surface area contributed by atoms with Crippen LogP contribution in [0.4, 0.5) is 11.4 Å². The Kier molecular flexibility index (Phi) is 5.22. The number of piperazine rings is 1. The Morgan fingerprint density at radius 1 is 1.03 bits per heavy atom. The molecule has 0 N–H and O–H groups in total. The fourth-order valence-electron chi connectivity index (χ4n) is 3.32. The number of anilines is 1. The summed E-state index contributed by atoms with van der Waals surface area (Å²) < 4.78 is 33.0. The van der Waals surface area contributed by atoms with E-state index in [4.69, 9.17) is 4.42 Å². The predicted molar refractivity (Wildman–Crippen MR) is 109 cm³/mol. The van der Waals surface area contributed by atoms with Gasteiger partial charge in [0.25, 0.3) is 5.69 Å². The minimum absolute atomic E-state index is 0.0243. The zero-order valence-electron chi connectivity index (χ0n) is 16.1. The van der Waals surface area contributed by atoms with Crippen LogP contribution in [0.2, 0.25) is 0 Å². The summed E-state index contributed by atoms with van der Waals surface area (Å²) in [6, 6.07) is 12.7. The van der Waals surface area contributed by atoms with Crippen molar-refractivity contribution in [2.75, 3.05) is 31.1 Å². The second kappa shape index (κ2) is 7.84. The second-order valence-corrected chi connectivity index (χ2v) is 8.76. The van der Waals surface area contributed by atoms with Gasteiger partial charge >= 0.3 is 0 Å². The molecule has 1 fully saturated rings. The molecule has 0 spiro atoms. The first-order valence-electron chi connectivity index (χ1n) is 9.25. The van der Waals surface area contributed by atoms with Gasteiger partial charge in [-0.3, -0.25) is 10.1 Å². The van der Waals surface area contributed by atoms with Crippen LogP contribution >= 0.6 is 0 Å². The van der Waals surface area contributed by atoms with Crippen molar-refractivity contribution in [3.8, 4) is 11.5 Å². The number of nitro groups is 1. The highest BCUT2D eigenvalue weighted by molar-refractivity contribution is 7.89. The van der Waals surface area contributed by atoms with Crippen LogP contribution in [0, 0.1) is 17.0 Å². The third-order valence-corrected chi connectivity index (χ3v) is 6.80. The van der Waals surface area contributed by atoms with E-state index in [2.05, 4.69) is 10.2 Å². The highest BCUT2D eigenvalue weighted by Gasteiger charge is 2.29.